The van der Waals surface area contributed by atoms with Crippen molar-refractivity contribution in [2.24, 2.45) is 0 Å². The van der Waals surface area contributed by atoms with Gasteiger partial charge < -0.3 is 0 Å². The van der Waals surface area contributed by atoms with Crippen molar-refractivity contribution in [2.45, 2.75) is 13.8 Å². The molecule has 3 rings (SSSR count). The highest BCUT2D eigenvalue weighted by atomic mass is 16.2. The molecule has 0 fully saturated rings. The van der Waals surface area contributed by atoms with Gasteiger partial charge in [-0.15, -0.1) is 0 Å². The van der Waals surface area contributed by atoms with E-state index in [2.05, 4.69) is 18.7 Å². The van der Waals surface area contributed by atoms with E-state index in [1.54, 1.807) is 12.1 Å². The highest BCUT2D eigenvalue weighted by molar-refractivity contribution is 6.52. The third kappa shape index (κ3) is 3.45. The molecule has 0 saturated carbocycles. The zero-order valence-electron chi connectivity index (χ0n) is 14.7. The van der Waals surface area contributed by atoms with Crippen LogP contribution in [-0.4, -0.2) is 36.1 Å². The van der Waals surface area contributed by atoms with Crippen LogP contribution in [0.1, 0.15) is 29.8 Å². The zero-order valence-corrected chi connectivity index (χ0v) is 14.7. The monoisotopic (exact) mass is 335 g/mol. The van der Waals surface area contributed by atoms with Gasteiger partial charge in [-0.05, 0) is 31.3 Å². The second-order valence-corrected chi connectivity index (χ2v) is 6.11. The molecule has 0 unspecified atom stereocenters. The van der Waals surface area contributed by atoms with Gasteiger partial charge in [0.15, 0.2) is 5.70 Å². The molecule has 1 aliphatic rings. The number of carbonyl (C=O) groups excluding carboxylic acids is 2. The average Bonchev–Trinajstić information content (AvgIpc) is 2.66. The maximum atomic E-state index is 12.8. The van der Waals surface area contributed by atoms with Crippen LogP contribution in [0.5, 0.6) is 0 Å². The second-order valence-electron chi connectivity index (χ2n) is 6.11. The number of Topliss-reactive ketones (excluding diaryl/α,β-unsaturated/α-hetero) is 2. The van der Waals surface area contributed by atoms with Crippen molar-refractivity contribution in [1.82, 2.24) is 4.90 Å². The first kappa shape index (κ1) is 17.3. The summed E-state index contributed by atoms with van der Waals surface area (Å²) in [7, 11) is 0. The Morgan fingerprint density at radius 2 is 1.40 bits per heavy atom. The number of nitrogens with two attached hydrogens (primary N) is 1. The number of benzene rings is 2. The van der Waals surface area contributed by atoms with Gasteiger partial charge in [-0.3, -0.25) is 19.8 Å². The van der Waals surface area contributed by atoms with Crippen molar-refractivity contribution >= 4 is 23.0 Å². The van der Waals surface area contributed by atoms with Crippen LogP contribution < -0.4 is 5.32 Å². The summed E-state index contributed by atoms with van der Waals surface area (Å²) in [6.45, 7) is 6.29. The summed E-state index contributed by atoms with van der Waals surface area (Å²) in [5, 5.41) is 2.02. The smallest absolute Gasteiger partial charge is 0.236 e. The van der Waals surface area contributed by atoms with Crippen LogP contribution in [0.4, 0.5) is 5.69 Å². The van der Waals surface area contributed by atoms with Crippen LogP contribution in [0.3, 0.4) is 0 Å². The second kappa shape index (κ2) is 7.55. The molecule has 25 heavy (non-hydrogen) atoms. The molecular formula is C21H23N2O2+. The van der Waals surface area contributed by atoms with E-state index in [1.165, 1.54) is 0 Å². The molecule has 0 heterocycles. The molecule has 0 saturated heterocycles. The van der Waals surface area contributed by atoms with Crippen LogP contribution in [0.2, 0.25) is 0 Å². The van der Waals surface area contributed by atoms with Gasteiger partial charge in [0.1, 0.15) is 5.69 Å². The summed E-state index contributed by atoms with van der Waals surface area (Å²) in [6.07, 6.45) is 0. The molecule has 1 aliphatic carbocycles. The van der Waals surface area contributed by atoms with E-state index in [4.69, 9.17) is 0 Å². The largest absolute Gasteiger partial charge is 0.299 e. The summed E-state index contributed by atoms with van der Waals surface area (Å²) in [6, 6.07) is 17.3. The molecule has 2 aromatic carbocycles. The van der Waals surface area contributed by atoms with Gasteiger partial charge in [0.05, 0.1) is 5.57 Å². The van der Waals surface area contributed by atoms with Gasteiger partial charge in [-0.25, -0.2) is 0 Å². The number of fused-ring (bicyclic) bond motifs is 1. The Morgan fingerprint density at radius 1 is 0.800 bits per heavy atom. The molecule has 128 valence electrons. The number of hydrogen-bond acceptors (Lipinski definition) is 3. The van der Waals surface area contributed by atoms with E-state index < -0.39 is 5.78 Å². The minimum Gasteiger partial charge on any atom is -0.299 e. The molecule has 0 bridgehead atoms. The highest BCUT2D eigenvalue weighted by Gasteiger charge is 2.35. The maximum Gasteiger partial charge on any atom is 0.236 e. The van der Waals surface area contributed by atoms with Gasteiger partial charge in [0, 0.05) is 17.7 Å². The molecule has 0 aromatic heterocycles. The highest BCUT2D eigenvalue weighted by Crippen LogP contribution is 2.26. The summed E-state index contributed by atoms with van der Waals surface area (Å²) in [5.41, 5.74) is 3.82. The molecule has 0 radical (unpaired) electrons. The predicted molar refractivity (Wildman–Crippen MR) is 98.5 cm³/mol. The van der Waals surface area contributed by atoms with Gasteiger partial charge in [-0.2, -0.15) is 0 Å². The van der Waals surface area contributed by atoms with E-state index in [9.17, 15) is 9.59 Å². The minimum absolute atomic E-state index is 0.382. The fourth-order valence-electron chi connectivity index (χ4n) is 3.17. The Bertz CT molecular complexity index is 821. The van der Waals surface area contributed by atoms with Crippen LogP contribution in [0, 0.1) is 0 Å². The van der Waals surface area contributed by atoms with Crippen LogP contribution >= 0.6 is 0 Å². The SMILES string of the molecule is CCN(CC)CC1=C([NH2+]c2ccccc2)c2ccccc2C(=O)C1=O. The zero-order chi connectivity index (χ0) is 17.8. The number of nitrogens with zero attached hydrogens (tertiary/aromatic N) is 1. The maximum absolute atomic E-state index is 12.8. The van der Waals surface area contributed by atoms with Crippen molar-refractivity contribution < 1.29 is 14.9 Å². The van der Waals surface area contributed by atoms with Crippen molar-refractivity contribution in [3.05, 3.63) is 71.3 Å². The third-order valence-electron chi connectivity index (χ3n) is 4.65. The molecule has 0 atom stereocenters. The standard InChI is InChI=1S/C21H22N2O2/c1-3-23(4-2)14-18-19(22-15-10-6-5-7-11-15)16-12-8-9-13-17(16)20(24)21(18)25/h5-13,22H,3-4,14H2,1-2H3/p+1. The lowest BCUT2D eigenvalue weighted by Gasteiger charge is -2.24. The lowest BCUT2D eigenvalue weighted by molar-refractivity contribution is -0.469. The van der Waals surface area contributed by atoms with Gasteiger partial charge in [0.2, 0.25) is 11.6 Å². The third-order valence-corrected chi connectivity index (χ3v) is 4.65. The molecule has 0 spiro atoms. The molecule has 2 N–H and O–H groups in total. The summed E-state index contributed by atoms with van der Waals surface area (Å²) in [5.74, 6) is -0.782. The molecular weight excluding hydrogens is 312 g/mol. The Labute approximate surface area is 148 Å². The molecule has 4 nitrogen and oxygen atoms in total. The van der Waals surface area contributed by atoms with Crippen LogP contribution in [0.25, 0.3) is 5.70 Å². The number of quaternary nitrogens is 1. The van der Waals surface area contributed by atoms with Gasteiger partial charge >= 0.3 is 0 Å². The number of likely N-dealkylation sites (N-methyl/N-ethyl adjacent to an activating group) is 1. The number of hydrogen-bond donors (Lipinski definition) is 1. The first-order valence-electron chi connectivity index (χ1n) is 8.69. The first-order chi connectivity index (χ1) is 12.2. The summed E-state index contributed by atoms with van der Waals surface area (Å²) >= 11 is 0. The van der Waals surface area contributed by atoms with E-state index >= 15 is 0 Å². The average molecular weight is 335 g/mol. The molecule has 2 aromatic rings. The van der Waals surface area contributed by atoms with E-state index in [-0.39, 0.29) is 5.78 Å². The van der Waals surface area contributed by atoms with Crippen molar-refractivity contribution in [1.29, 1.82) is 0 Å². The minimum atomic E-state index is -0.400. The Hall–Kier alpha value is -2.56. The number of ketones is 2. The fraction of sp³-hybridized carbons (Fsp3) is 0.238. The quantitative estimate of drug-likeness (QED) is 0.651. The Balaban J connectivity index is 2.13. The predicted octanol–water partition coefficient (Wildman–Crippen LogP) is 2.40. The van der Waals surface area contributed by atoms with E-state index in [0.29, 0.717) is 17.7 Å². The van der Waals surface area contributed by atoms with Gasteiger partial charge in [0.25, 0.3) is 0 Å². The molecule has 0 aliphatic heterocycles. The Morgan fingerprint density at radius 3 is 2.04 bits per heavy atom. The lowest BCUT2D eigenvalue weighted by Crippen LogP contribution is -2.76. The van der Waals surface area contributed by atoms with E-state index in [1.807, 2.05) is 47.8 Å². The normalized spacial score (nSPS) is 14.2. The van der Waals surface area contributed by atoms with E-state index in [0.717, 1.165) is 30.0 Å². The molecule has 0 amide bonds. The lowest BCUT2D eigenvalue weighted by atomic mass is 9.86. The van der Waals surface area contributed by atoms with Crippen molar-refractivity contribution in [2.75, 3.05) is 19.6 Å². The summed E-state index contributed by atoms with van der Waals surface area (Å²) < 4.78 is 0. The summed E-state index contributed by atoms with van der Waals surface area (Å²) in [4.78, 5) is 27.5. The number of carbonyl (C=O) groups is 2. The number of para-hydroxylation sites is 1. The van der Waals surface area contributed by atoms with Crippen molar-refractivity contribution in [3.8, 4) is 0 Å². The van der Waals surface area contributed by atoms with Gasteiger partial charge in [-0.1, -0.05) is 50.2 Å². The first-order valence-corrected chi connectivity index (χ1v) is 8.69. The fourth-order valence-corrected chi connectivity index (χ4v) is 3.17. The van der Waals surface area contributed by atoms with Crippen LogP contribution in [-0.2, 0) is 4.79 Å². The number of rotatable bonds is 6. The Kier molecular flexibility index (Phi) is 5.22. The van der Waals surface area contributed by atoms with Crippen molar-refractivity contribution in [3.63, 3.8) is 0 Å². The van der Waals surface area contributed by atoms with Crippen LogP contribution in [0.15, 0.2) is 60.2 Å². The topological polar surface area (TPSA) is 54.0 Å². The molecule has 4 heteroatoms.